The van der Waals surface area contributed by atoms with Gasteiger partial charge in [-0.3, -0.25) is 9.59 Å². The normalized spacial score (nSPS) is 18.8. The summed E-state index contributed by atoms with van der Waals surface area (Å²) in [6, 6.07) is 7.46. The van der Waals surface area contributed by atoms with Crippen LogP contribution in [-0.4, -0.2) is 34.5 Å². The van der Waals surface area contributed by atoms with Gasteiger partial charge in [0.15, 0.2) is 0 Å². The average molecular weight is 289 g/mol. The molecule has 0 bridgehead atoms. The number of carbonyl (C=O) groups excluding carboxylic acids is 1. The van der Waals surface area contributed by atoms with E-state index in [0.717, 1.165) is 18.4 Å². The maximum absolute atomic E-state index is 12.8. The Morgan fingerprint density at radius 3 is 2.57 bits per heavy atom. The molecule has 1 atom stereocenters. The summed E-state index contributed by atoms with van der Waals surface area (Å²) >= 11 is 0. The molecule has 4 heteroatoms. The van der Waals surface area contributed by atoms with Gasteiger partial charge in [-0.1, -0.05) is 39.0 Å². The van der Waals surface area contributed by atoms with Gasteiger partial charge in [0, 0.05) is 18.2 Å². The highest BCUT2D eigenvalue weighted by molar-refractivity contribution is 5.96. The molecule has 1 aliphatic heterocycles. The molecule has 0 radical (unpaired) electrons. The summed E-state index contributed by atoms with van der Waals surface area (Å²) < 4.78 is 0. The van der Waals surface area contributed by atoms with Crippen molar-refractivity contribution < 1.29 is 14.7 Å². The summed E-state index contributed by atoms with van der Waals surface area (Å²) in [7, 11) is 0. The molecule has 114 valence electrons. The molecule has 1 heterocycles. The maximum atomic E-state index is 12.8. The predicted molar refractivity (Wildman–Crippen MR) is 81.5 cm³/mol. The molecule has 1 amide bonds. The van der Waals surface area contributed by atoms with Crippen LogP contribution in [0, 0.1) is 0 Å². The van der Waals surface area contributed by atoms with E-state index in [1.807, 2.05) is 24.3 Å². The Kier molecular flexibility index (Phi) is 4.35. The highest BCUT2D eigenvalue weighted by Gasteiger charge is 2.33. The average Bonchev–Trinajstić information content (AvgIpc) is 2.84. The van der Waals surface area contributed by atoms with Crippen LogP contribution in [0.5, 0.6) is 0 Å². The van der Waals surface area contributed by atoms with Crippen molar-refractivity contribution in [3.05, 3.63) is 35.4 Å². The quantitative estimate of drug-likeness (QED) is 0.930. The van der Waals surface area contributed by atoms with Gasteiger partial charge < -0.3 is 10.0 Å². The molecule has 1 aliphatic rings. The van der Waals surface area contributed by atoms with Gasteiger partial charge in [0.05, 0.1) is 6.42 Å². The monoisotopic (exact) mass is 289 g/mol. The van der Waals surface area contributed by atoms with Gasteiger partial charge in [-0.2, -0.15) is 0 Å². The number of aliphatic carboxylic acids is 1. The van der Waals surface area contributed by atoms with Crippen LogP contribution in [-0.2, 0) is 10.2 Å². The minimum Gasteiger partial charge on any atom is -0.481 e. The zero-order valence-electron chi connectivity index (χ0n) is 12.9. The van der Waals surface area contributed by atoms with Crippen LogP contribution >= 0.6 is 0 Å². The number of carbonyl (C=O) groups is 2. The van der Waals surface area contributed by atoms with Gasteiger partial charge in [0.1, 0.15) is 0 Å². The van der Waals surface area contributed by atoms with Crippen molar-refractivity contribution in [1.82, 2.24) is 4.90 Å². The van der Waals surface area contributed by atoms with Crippen LogP contribution in [0.25, 0.3) is 0 Å². The number of nitrogens with zero attached hydrogens (tertiary/aromatic N) is 1. The number of rotatable bonds is 3. The summed E-state index contributed by atoms with van der Waals surface area (Å²) in [6.07, 6.45) is 1.68. The third-order valence-electron chi connectivity index (χ3n) is 4.01. The number of hydrogen-bond donors (Lipinski definition) is 1. The maximum Gasteiger partial charge on any atom is 0.305 e. The Bertz CT molecular complexity index is 545. The topological polar surface area (TPSA) is 57.6 Å². The van der Waals surface area contributed by atoms with Gasteiger partial charge in [-0.05, 0) is 29.9 Å². The first-order valence-electron chi connectivity index (χ1n) is 7.43. The van der Waals surface area contributed by atoms with Crippen LogP contribution in [0.15, 0.2) is 24.3 Å². The number of benzene rings is 1. The van der Waals surface area contributed by atoms with E-state index in [4.69, 9.17) is 5.11 Å². The minimum atomic E-state index is -0.844. The van der Waals surface area contributed by atoms with Gasteiger partial charge in [0.2, 0.25) is 0 Å². The van der Waals surface area contributed by atoms with Gasteiger partial charge in [-0.25, -0.2) is 0 Å². The highest BCUT2D eigenvalue weighted by Crippen LogP contribution is 2.29. The zero-order valence-corrected chi connectivity index (χ0v) is 12.9. The summed E-state index contributed by atoms with van der Waals surface area (Å²) in [4.78, 5) is 25.5. The molecular weight excluding hydrogens is 266 g/mol. The molecule has 1 N–H and O–H groups in total. The molecule has 4 nitrogen and oxygen atoms in total. The van der Waals surface area contributed by atoms with E-state index in [2.05, 4.69) is 20.8 Å². The lowest BCUT2D eigenvalue weighted by Gasteiger charge is -2.28. The lowest BCUT2D eigenvalue weighted by atomic mass is 9.83. The Balaban J connectivity index is 2.30. The third kappa shape index (κ3) is 3.43. The SMILES string of the molecule is CC(C)(C)c1ccccc1C(=O)N1CCCC1CC(=O)O. The second-order valence-corrected chi connectivity index (χ2v) is 6.69. The van der Waals surface area contributed by atoms with E-state index in [1.54, 1.807) is 4.90 Å². The Hall–Kier alpha value is -1.84. The van der Waals surface area contributed by atoms with Crippen LogP contribution in [0.4, 0.5) is 0 Å². The van der Waals surface area contributed by atoms with Crippen molar-refractivity contribution >= 4 is 11.9 Å². The first kappa shape index (κ1) is 15.5. The molecule has 0 aliphatic carbocycles. The molecular formula is C17H23NO3. The Labute approximate surface area is 125 Å². The lowest BCUT2D eigenvalue weighted by Crippen LogP contribution is -2.38. The molecule has 1 aromatic carbocycles. The summed E-state index contributed by atoms with van der Waals surface area (Å²) in [5.74, 6) is -0.881. The second kappa shape index (κ2) is 5.88. The molecule has 2 rings (SSSR count). The largest absolute Gasteiger partial charge is 0.481 e. The summed E-state index contributed by atoms with van der Waals surface area (Å²) in [5, 5.41) is 8.99. The van der Waals surface area contributed by atoms with Gasteiger partial charge in [0.25, 0.3) is 5.91 Å². The molecule has 1 aromatic rings. The van der Waals surface area contributed by atoms with E-state index >= 15 is 0 Å². The van der Waals surface area contributed by atoms with Crippen molar-refractivity contribution in [1.29, 1.82) is 0 Å². The van der Waals surface area contributed by atoms with Crippen molar-refractivity contribution in [3.63, 3.8) is 0 Å². The number of carboxylic acids is 1. The molecule has 0 spiro atoms. The van der Waals surface area contributed by atoms with Gasteiger partial charge in [-0.15, -0.1) is 0 Å². The minimum absolute atomic E-state index is 0.0312. The van der Waals surface area contributed by atoms with Crippen LogP contribution in [0.3, 0.4) is 0 Å². The fourth-order valence-electron chi connectivity index (χ4n) is 3.00. The van der Waals surface area contributed by atoms with Crippen LogP contribution in [0.2, 0.25) is 0 Å². The number of likely N-dealkylation sites (tertiary alicyclic amines) is 1. The van der Waals surface area contributed by atoms with E-state index in [1.165, 1.54) is 0 Å². The van der Waals surface area contributed by atoms with Gasteiger partial charge >= 0.3 is 5.97 Å². The lowest BCUT2D eigenvalue weighted by molar-refractivity contribution is -0.137. The fourth-order valence-corrected chi connectivity index (χ4v) is 3.00. The van der Waals surface area contributed by atoms with Crippen molar-refractivity contribution in [2.75, 3.05) is 6.54 Å². The van der Waals surface area contributed by atoms with E-state index in [-0.39, 0.29) is 23.8 Å². The van der Waals surface area contributed by atoms with E-state index < -0.39 is 5.97 Å². The smallest absolute Gasteiger partial charge is 0.305 e. The number of carboxylic acid groups (broad SMARTS) is 1. The first-order valence-corrected chi connectivity index (χ1v) is 7.43. The molecule has 1 unspecified atom stereocenters. The van der Waals surface area contributed by atoms with Crippen molar-refractivity contribution in [3.8, 4) is 0 Å². The summed E-state index contributed by atoms with van der Waals surface area (Å²) in [5.41, 5.74) is 1.59. The second-order valence-electron chi connectivity index (χ2n) is 6.69. The fraction of sp³-hybridized carbons (Fsp3) is 0.529. The molecule has 0 aromatic heterocycles. The highest BCUT2D eigenvalue weighted by atomic mass is 16.4. The Morgan fingerprint density at radius 1 is 1.29 bits per heavy atom. The molecule has 1 saturated heterocycles. The Morgan fingerprint density at radius 2 is 1.95 bits per heavy atom. The first-order chi connectivity index (χ1) is 9.80. The standard InChI is InChI=1S/C17H23NO3/c1-17(2,3)14-9-5-4-8-13(14)16(21)18-10-6-7-12(18)11-15(19)20/h4-5,8-9,12H,6-7,10-11H2,1-3H3,(H,19,20). The molecule has 1 fully saturated rings. The third-order valence-corrected chi connectivity index (χ3v) is 4.01. The van der Waals surface area contributed by atoms with Crippen LogP contribution < -0.4 is 0 Å². The van der Waals surface area contributed by atoms with Crippen molar-refractivity contribution in [2.45, 2.75) is 51.5 Å². The van der Waals surface area contributed by atoms with E-state index in [0.29, 0.717) is 12.1 Å². The zero-order chi connectivity index (χ0) is 15.6. The van der Waals surface area contributed by atoms with Crippen LogP contribution in [0.1, 0.15) is 56.0 Å². The molecule has 21 heavy (non-hydrogen) atoms. The number of hydrogen-bond acceptors (Lipinski definition) is 2. The predicted octanol–water partition coefficient (Wildman–Crippen LogP) is 3.06. The van der Waals surface area contributed by atoms with E-state index in [9.17, 15) is 9.59 Å². The number of amides is 1. The summed E-state index contributed by atoms with van der Waals surface area (Å²) in [6.45, 7) is 6.89. The van der Waals surface area contributed by atoms with Crippen molar-refractivity contribution in [2.24, 2.45) is 0 Å². The molecule has 0 saturated carbocycles.